The first-order valence-electron chi connectivity index (χ1n) is 10.9. The monoisotopic (exact) mass is 443 g/mol. The van der Waals surface area contributed by atoms with E-state index in [1.807, 2.05) is 52.8 Å². The Morgan fingerprint density at radius 2 is 1.97 bits per heavy atom. The Bertz CT molecular complexity index is 811. The number of nitrogens with one attached hydrogen (secondary N) is 1. The Kier molecular flexibility index (Phi) is 10.9. The molecule has 0 aromatic heterocycles. The molecule has 0 spiro atoms. The molecule has 1 rings (SSSR count). The molecular formula is C26H37NO5. The maximum atomic E-state index is 12.3. The Labute approximate surface area is 192 Å². The lowest BCUT2D eigenvalue weighted by Crippen LogP contribution is -2.49. The molecule has 0 aromatic rings. The lowest BCUT2D eigenvalue weighted by molar-refractivity contribution is -0.150. The molecule has 32 heavy (non-hydrogen) atoms. The summed E-state index contributed by atoms with van der Waals surface area (Å²) in [6.45, 7) is 15.1. The van der Waals surface area contributed by atoms with E-state index in [1.54, 1.807) is 25.2 Å². The van der Waals surface area contributed by atoms with Gasteiger partial charge in [-0.05, 0) is 25.7 Å². The summed E-state index contributed by atoms with van der Waals surface area (Å²) < 4.78 is 10.7. The number of hydrogen-bond acceptors (Lipinski definition) is 5. The van der Waals surface area contributed by atoms with Crippen LogP contribution in [-0.4, -0.2) is 36.6 Å². The minimum Gasteiger partial charge on any atom is -0.464 e. The van der Waals surface area contributed by atoms with Crippen molar-refractivity contribution >= 4 is 17.8 Å². The van der Waals surface area contributed by atoms with Gasteiger partial charge in [-0.25, -0.2) is 9.59 Å². The van der Waals surface area contributed by atoms with E-state index in [2.05, 4.69) is 11.9 Å². The molecule has 1 aliphatic rings. The van der Waals surface area contributed by atoms with Crippen LogP contribution in [0.2, 0.25) is 0 Å². The molecule has 3 atom stereocenters. The van der Waals surface area contributed by atoms with E-state index < -0.39 is 17.4 Å². The van der Waals surface area contributed by atoms with Crippen molar-refractivity contribution in [3.8, 4) is 0 Å². The summed E-state index contributed by atoms with van der Waals surface area (Å²) >= 11 is 0. The molecule has 6 nitrogen and oxygen atoms in total. The van der Waals surface area contributed by atoms with E-state index in [4.69, 9.17) is 9.47 Å². The van der Waals surface area contributed by atoms with Crippen LogP contribution < -0.4 is 5.32 Å². The van der Waals surface area contributed by atoms with Crippen LogP contribution in [0.4, 0.5) is 0 Å². The van der Waals surface area contributed by atoms with Crippen LogP contribution in [0.5, 0.6) is 0 Å². The molecule has 1 aliphatic heterocycles. The molecule has 1 heterocycles. The fourth-order valence-corrected chi connectivity index (χ4v) is 3.05. The zero-order valence-electron chi connectivity index (χ0n) is 20.1. The third kappa shape index (κ3) is 9.50. The largest absolute Gasteiger partial charge is 0.464 e. The first-order valence-corrected chi connectivity index (χ1v) is 10.9. The first-order chi connectivity index (χ1) is 15.0. The average Bonchev–Trinajstić information content (AvgIpc) is 2.70. The molecular weight excluding hydrogens is 406 g/mol. The van der Waals surface area contributed by atoms with Crippen LogP contribution >= 0.6 is 0 Å². The lowest BCUT2D eigenvalue weighted by Gasteiger charge is -2.29. The van der Waals surface area contributed by atoms with E-state index in [1.165, 1.54) is 6.08 Å². The van der Waals surface area contributed by atoms with Crippen molar-refractivity contribution in [2.45, 2.75) is 66.5 Å². The molecule has 1 N–H and O–H groups in total. The van der Waals surface area contributed by atoms with E-state index in [-0.39, 0.29) is 30.5 Å². The molecule has 0 saturated carbocycles. The van der Waals surface area contributed by atoms with Crippen molar-refractivity contribution < 1.29 is 23.9 Å². The van der Waals surface area contributed by atoms with Gasteiger partial charge in [0.15, 0.2) is 0 Å². The number of ether oxygens (including phenoxy) is 2. The number of amides is 1. The van der Waals surface area contributed by atoms with Gasteiger partial charge in [-0.2, -0.15) is 0 Å². The Balaban J connectivity index is 2.64. The zero-order chi connectivity index (χ0) is 24.3. The fraction of sp³-hybridized carbons (Fsp3) is 0.500. The number of rotatable bonds is 10. The van der Waals surface area contributed by atoms with E-state index >= 15 is 0 Å². The predicted molar refractivity (Wildman–Crippen MR) is 127 cm³/mol. The topological polar surface area (TPSA) is 81.7 Å². The summed E-state index contributed by atoms with van der Waals surface area (Å²) in [4.78, 5) is 36.3. The highest BCUT2D eigenvalue weighted by molar-refractivity contribution is 5.92. The third-order valence-electron chi connectivity index (χ3n) is 5.02. The van der Waals surface area contributed by atoms with Gasteiger partial charge in [0.1, 0.15) is 12.1 Å². The number of allylic oxidation sites excluding steroid dienone is 4. The summed E-state index contributed by atoms with van der Waals surface area (Å²) in [5, 5.41) is 2.73. The smallest absolute Gasteiger partial charge is 0.333 e. The first kappa shape index (κ1) is 27.1. The number of carbonyl (C=O) groups excluding carboxylic acids is 3. The van der Waals surface area contributed by atoms with Gasteiger partial charge in [-0.3, -0.25) is 4.79 Å². The molecule has 0 fully saturated rings. The van der Waals surface area contributed by atoms with Crippen molar-refractivity contribution in [3.05, 3.63) is 60.3 Å². The highest BCUT2D eigenvalue weighted by Crippen LogP contribution is 2.22. The molecule has 0 aliphatic carbocycles. The number of esters is 2. The van der Waals surface area contributed by atoms with Crippen LogP contribution in [0.1, 0.15) is 54.4 Å². The fourth-order valence-electron chi connectivity index (χ4n) is 3.05. The van der Waals surface area contributed by atoms with Crippen LogP contribution in [0, 0.1) is 11.3 Å². The summed E-state index contributed by atoms with van der Waals surface area (Å²) in [6, 6.07) is -0.758. The second kappa shape index (κ2) is 12.8. The summed E-state index contributed by atoms with van der Waals surface area (Å²) in [5.74, 6) is -1.03. The quantitative estimate of drug-likeness (QED) is 0.176. The summed E-state index contributed by atoms with van der Waals surface area (Å²) in [5.41, 5.74) is 1.15. The Hall–Kier alpha value is -2.89. The molecule has 0 bridgehead atoms. The van der Waals surface area contributed by atoms with E-state index in [9.17, 15) is 14.4 Å². The second-order valence-corrected chi connectivity index (χ2v) is 9.11. The van der Waals surface area contributed by atoms with Gasteiger partial charge in [0.25, 0.3) is 0 Å². The average molecular weight is 444 g/mol. The SMILES string of the molecule is C=CCCOC(=O)C(NC(=O)C=CC=CC(C)=CC(C)C1CC=C(C)C(=O)O1)C(C)(C)C. The third-order valence-corrected chi connectivity index (χ3v) is 5.02. The van der Waals surface area contributed by atoms with Crippen LogP contribution in [0.25, 0.3) is 0 Å². The molecule has 176 valence electrons. The zero-order valence-corrected chi connectivity index (χ0v) is 20.1. The van der Waals surface area contributed by atoms with Gasteiger partial charge in [0.2, 0.25) is 5.91 Å². The van der Waals surface area contributed by atoms with Gasteiger partial charge < -0.3 is 14.8 Å². The van der Waals surface area contributed by atoms with Crippen LogP contribution in [0.3, 0.4) is 0 Å². The highest BCUT2D eigenvalue weighted by atomic mass is 16.5. The summed E-state index contributed by atoms with van der Waals surface area (Å²) in [6.07, 6.45) is 13.3. The van der Waals surface area contributed by atoms with Crippen molar-refractivity contribution in [2.24, 2.45) is 11.3 Å². The van der Waals surface area contributed by atoms with Crippen molar-refractivity contribution in [3.63, 3.8) is 0 Å². The Morgan fingerprint density at radius 1 is 1.31 bits per heavy atom. The molecule has 0 saturated heterocycles. The highest BCUT2D eigenvalue weighted by Gasteiger charge is 2.33. The molecule has 1 amide bonds. The number of cyclic esters (lactones) is 1. The van der Waals surface area contributed by atoms with Gasteiger partial charge in [-0.1, -0.05) is 69.7 Å². The van der Waals surface area contributed by atoms with Crippen LogP contribution in [0.15, 0.2) is 60.3 Å². The van der Waals surface area contributed by atoms with Gasteiger partial charge in [0, 0.05) is 24.0 Å². The second-order valence-electron chi connectivity index (χ2n) is 9.11. The lowest BCUT2D eigenvalue weighted by atomic mass is 9.86. The molecule has 0 radical (unpaired) electrons. The maximum absolute atomic E-state index is 12.3. The normalized spacial score (nSPS) is 19.3. The molecule has 6 heteroatoms. The Morgan fingerprint density at radius 3 is 2.56 bits per heavy atom. The van der Waals surface area contributed by atoms with Crippen LogP contribution in [-0.2, 0) is 23.9 Å². The van der Waals surface area contributed by atoms with E-state index in [0.717, 1.165) is 5.57 Å². The standard InChI is InChI=1S/C26H37NO5/c1-8-9-16-31-25(30)23(26(5,6)7)27-22(28)13-11-10-12-18(2)17-20(4)21-15-14-19(3)24(29)32-21/h8,10-14,17,20-21,23H,1,9,15-16H2,2-7H3,(H,27,28). The van der Waals surface area contributed by atoms with Gasteiger partial charge in [-0.15, -0.1) is 6.58 Å². The minimum atomic E-state index is -0.758. The van der Waals surface area contributed by atoms with E-state index in [0.29, 0.717) is 18.4 Å². The van der Waals surface area contributed by atoms with Gasteiger partial charge >= 0.3 is 11.9 Å². The maximum Gasteiger partial charge on any atom is 0.333 e. The van der Waals surface area contributed by atoms with Crippen molar-refractivity contribution in [1.82, 2.24) is 5.32 Å². The molecule has 0 aromatic carbocycles. The van der Waals surface area contributed by atoms with Gasteiger partial charge in [0.05, 0.1) is 6.61 Å². The van der Waals surface area contributed by atoms with Crippen molar-refractivity contribution in [1.29, 1.82) is 0 Å². The number of carbonyl (C=O) groups is 3. The minimum absolute atomic E-state index is 0.0693. The van der Waals surface area contributed by atoms with Crippen molar-refractivity contribution in [2.75, 3.05) is 6.61 Å². The summed E-state index contributed by atoms with van der Waals surface area (Å²) in [7, 11) is 0. The number of hydrogen-bond donors (Lipinski definition) is 1. The predicted octanol–water partition coefficient (Wildman–Crippen LogP) is 4.59. The molecule has 3 unspecified atom stereocenters.